The Balaban J connectivity index is 2.23. The maximum absolute atomic E-state index is 12.7. The predicted octanol–water partition coefficient (Wildman–Crippen LogP) is 4.06. The van der Waals surface area contributed by atoms with Gasteiger partial charge in [0.25, 0.3) is 5.91 Å². The van der Waals surface area contributed by atoms with Crippen LogP contribution >= 0.6 is 23.2 Å². The lowest BCUT2D eigenvalue weighted by molar-refractivity contribution is 0.0646. The highest BCUT2D eigenvalue weighted by atomic mass is 35.5. The van der Waals surface area contributed by atoms with Crippen LogP contribution < -0.4 is 0 Å². The molecule has 0 radical (unpaired) electrons. The van der Waals surface area contributed by atoms with E-state index in [1.54, 1.807) is 11.0 Å². The zero-order chi connectivity index (χ0) is 14.5. The summed E-state index contributed by atoms with van der Waals surface area (Å²) in [4.78, 5) is 14.4. The molecule has 5 heteroatoms. The first-order valence-electron chi connectivity index (χ1n) is 6.99. The van der Waals surface area contributed by atoms with Crippen molar-refractivity contribution in [1.29, 1.82) is 0 Å². The summed E-state index contributed by atoms with van der Waals surface area (Å²) in [5, 5.41) is 10.3. The molecule has 0 aromatic heterocycles. The van der Waals surface area contributed by atoms with Gasteiger partial charge in [-0.3, -0.25) is 4.79 Å². The van der Waals surface area contributed by atoms with E-state index in [-0.39, 0.29) is 23.3 Å². The smallest absolute Gasteiger partial charge is 0.257 e. The van der Waals surface area contributed by atoms with Crippen LogP contribution in [0.2, 0.25) is 5.02 Å². The fraction of sp³-hybridized carbons (Fsp3) is 0.533. The Bertz CT molecular complexity index is 473. The second kappa shape index (κ2) is 7.19. The third-order valence-electron chi connectivity index (χ3n) is 3.79. The summed E-state index contributed by atoms with van der Waals surface area (Å²) in [6.07, 6.45) is 5.51. The molecule has 1 fully saturated rings. The normalized spacial score (nSPS) is 16.1. The van der Waals surface area contributed by atoms with Gasteiger partial charge in [0.2, 0.25) is 0 Å². The quantitative estimate of drug-likeness (QED) is 0.851. The molecule has 110 valence electrons. The monoisotopic (exact) mass is 315 g/mol. The van der Waals surface area contributed by atoms with Crippen LogP contribution in [0.3, 0.4) is 0 Å². The van der Waals surface area contributed by atoms with E-state index in [9.17, 15) is 9.90 Å². The van der Waals surface area contributed by atoms with Crippen LogP contribution in [-0.4, -0.2) is 34.4 Å². The lowest BCUT2D eigenvalue weighted by Gasteiger charge is -2.34. The maximum atomic E-state index is 12.7. The zero-order valence-electron chi connectivity index (χ0n) is 11.3. The lowest BCUT2D eigenvalue weighted by atomic mass is 9.93. The molecule has 0 aliphatic heterocycles. The summed E-state index contributed by atoms with van der Waals surface area (Å²) in [5.41, 5.74) is 0.258. The highest BCUT2D eigenvalue weighted by Crippen LogP contribution is 2.27. The van der Waals surface area contributed by atoms with Gasteiger partial charge in [-0.15, -0.1) is 11.6 Å². The van der Waals surface area contributed by atoms with Crippen molar-refractivity contribution in [2.24, 2.45) is 0 Å². The molecule has 0 unspecified atom stereocenters. The minimum absolute atomic E-state index is 0.0326. The summed E-state index contributed by atoms with van der Waals surface area (Å²) >= 11 is 11.8. The first kappa shape index (κ1) is 15.5. The topological polar surface area (TPSA) is 40.5 Å². The first-order valence-corrected chi connectivity index (χ1v) is 7.90. The Morgan fingerprint density at radius 1 is 1.30 bits per heavy atom. The molecule has 3 nitrogen and oxygen atoms in total. The van der Waals surface area contributed by atoms with E-state index in [4.69, 9.17) is 23.2 Å². The Kier molecular flexibility index (Phi) is 5.55. The highest BCUT2D eigenvalue weighted by molar-refractivity contribution is 6.31. The summed E-state index contributed by atoms with van der Waals surface area (Å²) in [6, 6.07) is 4.76. The molecule has 0 atom stereocenters. The van der Waals surface area contributed by atoms with Gasteiger partial charge >= 0.3 is 0 Å². The van der Waals surface area contributed by atoms with Crippen LogP contribution in [0, 0.1) is 0 Å². The molecule has 0 bridgehead atoms. The van der Waals surface area contributed by atoms with Crippen molar-refractivity contribution in [3.63, 3.8) is 0 Å². The zero-order valence-corrected chi connectivity index (χ0v) is 12.8. The Hall–Kier alpha value is -0.930. The van der Waals surface area contributed by atoms with Gasteiger partial charge in [-0.25, -0.2) is 0 Å². The second-order valence-electron chi connectivity index (χ2n) is 5.14. The van der Waals surface area contributed by atoms with E-state index >= 15 is 0 Å². The molecule has 2 rings (SSSR count). The van der Waals surface area contributed by atoms with Crippen molar-refractivity contribution >= 4 is 29.1 Å². The number of carbonyl (C=O) groups is 1. The Labute approximate surface area is 129 Å². The number of hydrogen-bond acceptors (Lipinski definition) is 2. The molecule has 1 aromatic rings. The van der Waals surface area contributed by atoms with Crippen molar-refractivity contribution in [2.45, 2.75) is 38.1 Å². The van der Waals surface area contributed by atoms with Crippen LogP contribution in [0.1, 0.15) is 42.5 Å². The highest BCUT2D eigenvalue weighted by Gasteiger charge is 2.27. The number of phenolic OH excluding ortho intramolecular Hbond substituents is 1. The Morgan fingerprint density at radius 3 is 2.65 bits per heavy atom. The number of halogens is 2. The van der Waals surface area contributed by atoms with E-state index in [1.165, 1.54) is 18.6 Å². The summed E-state index contributed by atoms with van der Waals surface area (Å²) < 4.78 is 0. The van der Waals surface area contributed by atoms with Crippen molar-refractivity contribution in [3.05, 3.63) is 28.8 Å². The summed E-state index contributed by atoms with van der Waals surface area (Å²) in [6.45, 7) is 0.497. The summed E-state index contributed by atoms with van der Waals surface area (Å²) in [7, 11) is 0. The number of nitrogens with zero attached hydrogens (tertiary/aromatic N) is 1. The van der Waals surface area contributed by atoms with Crippen LogP contribution in [0.15, 0.2) is 18.2 Å². The number of amides is 1. The fourth-order valence-electron chi connectivity index (χ4n) is 2.77. The average Bonchev–Trinajstić information content (AvgIpc) is 2.47. The van der Waals surface area contributed by atoms with Gasteiger partial charge in [-0.05, 0) is 31.0 Å². The Morgan fingerprint density at radius 2 is 2.00 bits per heavy atom. The van der Waals surface area contributed by atoms with Gasteiger partial charge in [-0.1, -0.05) is 30.9 Å². The minimum atomic E-state index is -0.183. The molecule has 0 spiro atoms. The van der Waals surface area contributed by atoms with Crippen molar-refractivity contribution < 1.29 is 9.90 Å². The summed E-state index contributed by atoms with van der Waals surface area (Å²) in [5.74, 6) is 0.177. The largest absolute Gasteiger partial charge is 0.507 e. The second-order valence-corrected chi connectivity index (χ2v) is 5.96. The third-order valence-corrected chi connectivity index (χ3v) is 4.19. The number of rotatable bonds is 4. The average molecular weight is 316 g/mol. The number of benzene rings is 1. The minimum Gasteiger partial charge on any atom is -0.507 e. The molecular formula is C15H19Cl2NO2. The number of phenols is 1. The van der Waals surface area contributed by atoms with Crippen LogP contribution in [0.5, 0.6) is 5.75 Å². The van der Waals surface area contributed by atoms with E-state index in [1.807, 2.05) is 0 Å². The molecule has 1 aliphatic rings. The third kappa shape index (κ3) is 3.58. The molecule has 0 heterocycles. The first-order chi connectivity index (χ1) is 9.63. The van der Waals surface area contributed by atoms with Crippen molar-refractivity contribution in [2.75, 3.05) is 12.4 Å². The predicted molar refractivity (Wildman–Crippen MR) is 81.7 cm³/mol. The van der Waals surface area contributed by atoms with Gasteiger partial charge in [0.05, 0.1) is 5.56 Å². The van der Waals surface area contributed by atoms with E-state index < -0.39 is 0 Å². The molecule has 1 amide bonds. The van der Waals surface area contributed by atoms with Gasteiger partial charge in [0.15, 0.2) is 0 Å². The lowest BCUT2D eigenvalue weighted by Crippen LogP contribution is -2.42. The van der Waals surface area contributed by atoms with Crippen LogP contribution in [0.25, 0.3) is 0 Å². The SMILES string of the molecule is O=C(c1cc(Cl)ccc1O)N(CCCl)C1CCCCC1. The standard InChI is InChI=1S/C15H19Cl2NO2/c16-8-9-18(12-4-2-1-3-5-12)15(20)13-10-11(17)6-7-14(13)19/h6-7,10,12,19H,1-5,8-9H2. The van der Waals surface area contributed by atoms with E-state index in [0.29, 0.717) is 17.4 Å². The molecule has 0 saturated heterocycles. The van der Waals surface area contributed by atoms with Gasteiger partial charge < -0.3 is 10.0 Å². The molecular weight excluding hydrogens is 297 g/mol. The molecule has 1 N–H and O–H groups in total. The molecule has 20 heavy (non-hydrogen) atoms. The van der Waals surface area contributed by atoms with E-state index in [0.717, 1.165) is 25.7 Å². The fourth-order valence-corrected chi connectivity index (χ4v) is 3.12. The van der Waals surface area contributed by atoms with Crippen molar-refractivity contribution in [1.82, 2.24) is 4.90 Å². The molecule has 1 aromatic carbocycles. The van der Waals surface area contributed by atoms with Crippen molar-refractivity contribution in [3.8, 4) is 5.75 Å². The van der Waals surface area contributed by atoms with Crippen LogP contribution in [-0.2, 0) is 0 Å². The van der Waals surface area contributed by atoms with Crippen LogP contribution in [0.4, 0.5) is 0 Å². The van der Waals surface area contributed by atoms with Gasteiger partial charge in [0, 0.05) is 23.5 Å². The number of carbonyl (C=O) groups excluding carboxylic acids is 1. The number of aromatic hydroxyl groups is 1. The van der Waals surface area contributed by atoms with Gasteiger partial charge in [-0.2, -0.15) is 0 Å². The number of hydrogen-bond donors (Lipinski definition) is 1. The number of alkyl halides is 1. The van der Waals surface area contributed by atoms with Gasteiger partial charge in [0.1, 0.15) is 5.75 Å². The molecule has 1 saturated carbocycles. The maximum Gasteiger partial charge on any atom is 0.257 e. The molecule has 1 aliphatic carbocycles. The van der Waals surface area contributed by atoms with E-state index in [2.05, 4.69) is 0 Å².